The summed E-state index contributed by atoms with van der Waals surface area (Å²) in [4.78, 5) is 0. The van der Waals surface area contributed by atoms with E-state index in [1.807, 2.05) is 110 Å². The zero-order valence-electron chi connectivity index (χ0n) is 19.2. The number of para-hydroxylation sites is 1. The molecule has 35 heavy (non-hydrogen) atoms. The fourth-order valence-electron chi connectivity index (χ4n) is 3.79. The van der Waals surface area contributed by atoms with Crippen molar-refractivity contribution < 1.29 is 4.42 Å². The molecule has 5 aromatic rings. The zero-order chi connectivity index (χ0) is 24.0. The minimum Gasteiger partial charge on any atom is -0.416 e. The van der Waals surface area contributed by atoms with Crippen molar-refractivity contribution in [2.24, 2.45) is 0 Å². The van der Waals surface area contributed by atoms with Gasteiger partial charge >= 0.3 is 0 Å². The Morgan fingerprint density at radius 2 is 1.34 bits per heavy atom. The Morgan fingerprint density at radius 3 is 1.97 bits per heavy atom. The van der Waals surface area contributed by atoms with Crippen molar-refractivity contribution in [1.82, 2.24) is 25.0 Å². The van der Waals surface area contributed by atoms with Crippen LogP contribution in [0.2, 0.25) is 0 Å². The van der Waals surface area contributed by atoms with E-state index in [0.717, 1.165) is 39.6 Å². The van der Waals surface area contributed by atoms with Gasteiger partial charge in [0.1, 0.15) is 0 Å². The first-order valence-electron chi connectivity index (χ1n) is 11.2. The standard InChI is InChI=1S/C29H23N5O/c1-3-11-23(12-4-2)28-32-33-29(35-28)24-19-17-22(18-20-24)27-31-30-26(21-13-7-5-8-14-21)34(27)25-15-9-6-10-16-25/h3-20H,1H2,2H3/b12-4-,23-11+. The Morgan fingerprint density at radius 1 is 0.743 bits per heavy atom. The van der Waals surface area contributed by atoms with Gasteiger partial charge in [0.25, 0.3) is 0 Å². The summed E-state index contributed by atoms with van der Waals surface area (Å²) in [5.41, 5.74) is 4.53. The predicted octanol–water partition coefficient (Wildman–Crippen LogP) is 6.80. The van der Waals surface area contributed by atoms with Crippen molar-refractivity contribution in [3.8, 4) is 39.9 Å². The summed E-state index contributed by atoms with van der Waals surface area (Å²) in [5.74, 6) is 2.42. The van der Waals surface area contributed by atoms with Gasteiger partial charge in [-0.15, -0.1) is 20.4 Å². The molecule has 0 atom stereocenters. The van der Waals surface area contributed by atoms with Crippen molar-refractivity contribution in [2.75, 3.05) is 0 Å². The van der Waals surface area contributed by atoms with Gasteiger partial charge in [-0.3, -0.25) is 4.57 Å². The number of benzene rings is 3. The number of hydrogen-bond donors (Lipinski definition) is 0. The molecule has 2 heterocycles. The molecule has 0 aliphatic carbocycles. The van der Waals surface area contributed by atoms with Crippen molar-refractivity contribution in [3.05, 3.63) is 122 Å². The normalized spacial score (nSPS) is 11.7. The second-order valence-electron chi connectivity index (χ2n) is 7.73. The molecule has 0 aliphatic rings. The van der Waals surface area contributed by atoms with Crippen LogP contribution in [0.3, 0.4) is 0 Å². The molecule has 5 rings (SSSR count). The van der Waals surface area contributed by atoms with Crippen LogP contribution >= 0.6 is 0 Å². The van der Waals surface area contributed by atoms with Crippen LogP contribution in [0.1, 0.15) is 12.8 Å². The summed E-state index contributed by atoms with van der Waals surface area (Å²) in [6.07, 6.45) is 7.35. The Bertz CT molecular complexity index is 1490. The number of hydrogen-bond acceptors (Lipinski definition) is 5. The van der Waals surface area contributed by atoms with E-state index in [9.17, 15) is 0 Å². The lowest BCUT2D eigenvalue weighted by atomic mass is 10.1. The average Bonchev–Trinajstić information content (AvgIpc) is 3.58. The molecule has 2 aromatic heterocycles. The topological polar surface area (TPSA) is 69.6 Å². The summed E-state index contributed by atoms with van der Waals surface area (Å²) < 4.78 is 7.98. The van der Waals surface area contributed by atoms with E-state index < -0.39 is 0 Å². The molecule has 3 aromatic carbocycles. The van der Waals surface area contributed by atoms with E-state index in [1.54, 1.807) is 6.08 Å². The fourth-order valence-corrected chi connectivity index (χ4v) is 3.79. The molecule has 0 saturated carbocycles. The lowest BCUT2D eigenvalue weighted by molar-refractivity contribution is 0.554. The van der Waals surface area contributed by atoms with Crippen LogP contribution in [0.4, 0.5) is 0 Å². The van der Waals surface area contributed by atoms with Gasteiger partial charge in [0.15, 0.2) is 11.6 Å². The van der Waals surface area contributed by atoms with Crippen LogP contribution in [0, 0.1) is 0 Å². The Balaban J connectivity index is 1.53. The maximum Gasteiger partial charge on any atom is 0.248 e. The highest BCUT2D eigenvalue weighted by Gasteiger charge is 2.18. The lowest BCUT2D eigenvalue weighted by Gasteiger charge is -2.11. The first-order valence-corrected chi connectivity index (χ1v) is 11.2. The smallest absolute Gasteiger partial charge is 0.248 e. The maximum atomic E-state index is 5.91. The molecule has 0 aliphatic heterocycles. The molecular weight excluding hydrogens is 434 g/mol. The summed E-state index contributed by atoms with van der Waals surface area (Å²) in [6.45, 7) is 5.68. The van der Waals surface area contributed by atoms with E-state index in [4.69, 9.17) is 4.42 Å². The molecule has 0 bridgehead atoms. The van der Waals surface area contributed by atoms with Gasteiger partial charge in [-0.25, -0.2) is 0 Å². The van der Waals surface area contributed by atoms with Crippen LogP contribution in [0.5, 0.6) is 0 Å². The molecule has 0 N–H and O–H groups in total. The number of allylic oxidation sites excluding steroid dienone is 5. The van der Waals surface area contributed by atoms with Gasteiger partial charge in [-0.2, -0.15) is 0 Å². The lowest BCUT2D eigenvalue weighted by Crippen LogP contribution is -2.00. The molecular formula is C29H23N5O. The summed E-state index contributed by atoms with van der Waals surface area (Å²) in [5, 5.41) is 17.5. The van der Waals surface area contributed by atoms with Crippen LogP contribution < -0.4 is 0 Å². The highest BCUT2D eigenvalue weighted by Crippen LogP contribution is 2.30. The summed E-state index contributed by atoms with van der Waals surface area (Å²) in [7, 11) is 0. The molecule has 0 saturated heterocycles. The zero-order valence-corrected chi connectivity index (χ0v) is 19.2. The maximum absolute atomic E-state index is 5.91. The Labute approximate surface area is 203 Å². The van der Waals surface area contributed by atoms with E-state index in [2.05, 4.69) is 31.5 Å². The number of rotatable bonds is 7. The predicted molar refractivity (Wildman–Crippen MR) is 139 cm³/mol. The summed E-state index contributed by atoms with van der Waals surface area (Å²) in [6, 6.07) is 28.0. The molecule has 0 fully saturated rings. The van der Waals surface area contributed by atoms with Crippen molar-refractivity contribution >= 4 is 5.57 Å². The second kappa shape index (κ2) is 9.97. The van der Waals surface area contributed by atoms with Gasteiger partial charge in [-0.1, -0.05) is 91.5 Å². The Kier molecular flexibility index (Phi) is 6.26. The molecule has 0 spiro atoms. The molecule has 0 radical (unpaired) electrons. The first kappa shape index (κ1) is 22.0. The molecule has 170 valence electrons. The SMILES string of the molecule is C=C/C=C(\C=C/C)c1nnc(-c2ccc(-c3nnc(-c4ccccc4)n3-c3ccccc3)cc2)o1. The third-order valence-electron chi connectivity index (χ3n) is 5.42. The quantitative estimate of drug-likeness (QED) is 0.252. The summed E-state index contributed by atoms with van der Waals surface area (Å²) >= 11 is 0. The van der Waals surface area contributed by atoms with Crippen molar-refractivity contribution in [1.29, 1.82) is 0 Å². The average molecular weight is 458 g/mol. The molecule has 6 nitrogen and oxygen atoms in total. The van der Waals surface area contributed by atoms with Crippen molar-refractivity contribution in [2.45, 2.75) is 6.92 Å². The number of nitrogens with zero attached hydrogens (tertiary/aromatic N) is 5. The highest BCUT2D eigenvalue weighted by atomic mass is 16.4. The minimum absolute atomic E-state index is 0.443. The highest BCUT2D eigenvalue weighted by molar-refractivity contribution is 5.71. The minimum atomic E-state index is 0.443. The van der Waals surface area contributed by atoms with Gasteiger partial charge in [0, 0.05) is 28.0 Å². The van der Waals surface area contributed by atoms with Gasteiger partial charge < -0.3 is 4.42 Å². The van der Waals surface area contributed by atoms with Crippen LogP contribution in [-0.4, -0.2) is 25.0 Å². The van der Waals surface area contributed by atoms with Crippen LogP contribution in [0.25, 0.3) is 45.5 Å². The largest absolute Gasteiger partial charge is 0.416 e. The fraction of sp³-hybridized carbons (Fsp3) is 0.0345. The van der Waals surface area contributed by atoms with E-state index >= 15 is 0 Å². The monoisotopic (exact) mass is 457 g/mol. The molecule has 0 amide bonds. The van der Waals surface area contributed by atoms with E-state index in [0.29, 0.717) is 11.8 Å². The van der Waals surface area contributed by atoms with Gasteiger partial charge in [0.2, 0.25) is 11.8 Å². The van der Waals surface area contributed by atoms with Crippen LogP contribution in [0.15, 0.2) is 120 Å². The molecule has 0 unspecified atom stereocenters. The third-order valence-corrected chi connectivity index (χ3v) is 5.42. The van der Waals surface area contributed by atoms with E-state index in [-0.39, 0.29) is 0 Å². The third kappa shape index (κ3) is 4.50. The number of aromatic nitrogens is 5. The Hall–Kier alpha value is -4.84. The van der Waals surface area contributed by atoms with Gasteiger partial charge in [0.05, 0.1) is 0 Å². The van der Waals surface area contributed by atoms with Crippen molar-refractivity contribution in [3.63, 3.8) is 0 Å². The van der Waals surface area contributed by atoms with Crippen LogP contribution in [-0.2, 0) is 0 Å². The van der Waals surface area contributed by atoms with Gasteiger partial charge in [-0.05, 0) is 31.2 Å². The van der Waals surface area contributed by atoms with E-state index in [1.165, 1.54) is 0 Å². The first-order chi connectivity index (χ1) is 17.3. The molecule has 6 heteroatoms. The second-order valence-corrected chi connectivity index (χ2v) is 7.73.